The van der Waals surface area contributed by atoms with Gasteiger partial charge >= 0.3 is 0 Å². The Labute approximate surface area is 118 Å². The molecule has 0 amide bonds. The Bertz CT molecular complexity index is 669. The van der Waals surface area contributed by atoms with Crippen LogP contribution >= 0.6 is 0 Å². The van der Waals surface area contributed by atoms with Gasteiger partial charge in [0, 0.05) is 19.1 Å². The van der Waals surface area contributed by atoms with E-state index >= 15 is 0 Å². The molecule has 0 spiro atoms. The number of rotatable bonds is 3. The molecule has 0 bridgehead atoms. The number of nitrogens with zero attached hydrogens (tertiary/aromatic N) is 2. The second-order valence-electron chi connectivity index (χ2n) is 5.03. The van der Waals surface area contributed by atoms with Crippen molar-refractivity contribution in [1.29, 1.82) is 0 Å². The smallest absolute Gasteiger partial charge is 0.276 e. The van der Waals surface area contributed by atoms with Crippen LogP contribution in [0.3, 0.4) is 0 Å². The van der Waals surface area contributed by atoms with Gasteiger partial charge in [-0.1, -0.05) is 12.1 Å². The van der Waals surface area contributed by atoms with Gasteiger partial charge in [-0.25, -0.2) is 13.4 Å². The highest BCUT2D eigenvalue weighted by Crippen LogP contribution is 2.21. The van der Waals surface area contributed by atoms with Crippen LogP contribution in [0, 0.1) is 0 Å². The van der Waals surface area contributed by atoms with Crippen LogP contribution in [0.15, 0.2) is 29.4 Å². The summed E-state index contributed by atoms with van der Waals surface area (Å²) in [6, 6.07) is 7.73. The standard InChI is InChI=1S/C13H18N4O2S/c1-14-10-6-8-17(9-7-10)20(18,19)13-15-11-4-2-3-5-12(11)16-13/h2-5,10,14H,6-9H2,1H3,(H,15,16). The van der Waals surface area contributed by atoms with Crippen molar-refractivity contribution in [3.05, 3.63) is 24.3 Å². The average molecular weight is 294 g/mol. The minimum atomic E-state index is -3.52. The number of imidazole rings is 1. The van der Waals surface area contributed by atoms with Crippen LogP contribution in [0.4, 0.5) is 0 Å². The zero-order valence-corrected chi connectivity index (χ0v) is 12.2. The minimum absolute atomic E-state index is 0.0432. The molecule has 1 aromatic heterocycles. The van der Waals surface area contributed by atoms with Crippen molar-refractivity contribution >= 4 is 21.1 Å². The Balaban J connectivity index is 1.88. The number of fused-ring (bicyclic) bond motifs is 1. The first-order valence-corrected chi connectivity index (χ1v) is 8.17. The lowest BCUT2D eigenvalue weighted by atomic mass is 10.1. The molecule has 0 radical (unpaired) electrons. The number of aromatic nitrogens is 2. The first-order chi connectivity index (χ1) is 9.61. The van der Waals surface area contributed by atoms with Crippen molar-refractivity contribution < 1.29 is 8.42 Å². The van der Waals surface area contributed by atoms with Gasteiger partial charge in [0.05, 0.1) is 11.0 Å². The number of nitrogens with one attached hydrogen (secondary N) is 2. The molecular formula is C13H18N4O2S. The molecule has 0 unspecified atom stereocenters. The van der Waals surface area contributed by atoms with E-state index in [0.717, 1.165) is 18.4 Å². The fourth-order valence-corrected chi connectivity index (χ4v) is 3.95. The van der Waals surface area contributed by atoms with Crippen molar-refractivity contribution in [2.45, 2.75) is 24.0 Å². The van der Waals surface area contributed by atoms with Crippen LogP contribution in [-0.4, -0.2) is 48.9 Å². The summed E-state index contributed by atoms with van der Waals surface area (Å²) in [5, 5.41) is 3.24. The second-order valence-corrected chi connectivity index (χ2v) is 6.88. The Morgan fingerprint density at radius 2 is 2.00 bits per heavy atom. The average Bonchev–Trinajstić information content (AvgIpc) is 2.92. The third-order valence-corrected chi connectivity index (χ3v) is 5.54. The van der Waals surface area contributed by atoms with E-state index in [4.69, 9.17) is 0 Å². The third-order valence-electron chi connectivity index (χ3n) is 3.81. The molecule has 1 aliphatic heterocycles. The van der Waals surface area contributed by atoms with Gasteiger partial charge in [-0.3, -0.25) is 0 Å². The SMILES string of the molecule is CNC1CCN(S(=O)(=O)c2nc3ccccc3[nH]2)CC1. The Hall–Kier alpha value is -1.44. The molecule has 6 nitrogen and oxygen atoms in total. The number of aromatic amines is 1. The Morgan fingerprint density at radius 3 is 2.65 bits per heavy atom. The molecule has 1 aliphatic rings. The highest BCUT2D eigenvalue weighted by atomic mass is 32.2. The van der Waals surface area contributed by atoms with Gasteiger partial charge in [0.1, 0.15) is 0 Å². The van der Waals surface area contributed by atoms with Crippen LogP contribution in [-0.2, 0) is 10.0 Å². The largest absolute Gasteiger partial charge is 0.328 e. The first kappa shape index (κ1) is 13.5. The summed E-state index contributed by atoms with van der Waals surface area (Å²) in [4.78, 5) is 7.10. The second kappa shape index (κ2) is 5.16. The molecule has 20 heavy (non-hydrogen) atoms. The molecule has 7 heteroatoms. The quantitative estimate of drug-likeness (QED) is 0.883. The molecule has 0 aliphatic carbocycles. The van der Waals surface area contributed by atoms with Crippen LogP contribution in [0.25, 0.3) is 11.0 Å². The third kappa shape index (κ3) is 2.32. The highest BCUT2D eigenvalue weighted by Gasteiger charge is 2.31. The van der Waals surface area contributed by atoms with Crippen LogP contribution in [0.5, 0.6) is 0 Å². The van der Waals surface area contributed by atoms with Gasteiger partial charge in [0.25, 0.3) is 10.0 Å². The summed E-state index contributed by atoms with van der Waals surface area (Å²) in [5.41, 5.74) is 1.42. The van der Waals surface area contributed by atoms with Crippen LogP contribution < -0.4 is 5.32 Å². The number of benzene rings is 1. The molecule has 2 heterocycles. The molecule has 0 atom stereocenters. The van der Waals surface area contributed by atoms with Crippen molar-refractivity contribution in [3.63, 3.8) is 0 Å². The van der Waals surface area contributed by atoms with Gasteiger partial charge < -0.3 is 10.3 Å². The zero-order chi connectivity index (χ0) is 14.2. The number of sulfonamides is 1. The Kier molecular flexibility index (Phi) is 3.49. The van der Waals surface area contributed by atoms with E-state index in [-0.39, 0.29) is 5.16 Å². The maximum absolute atomic E-state index is 12.6. The lowest BCUT2D eigenvalue weighted by Crippen LogP contribution is -2.44. The first-order valence-electron chi connectivity index (χ1n) is 6.73. The number of H-pyrrole nitrogens is 1. The topological polar surface area (TPSA) is 78.1 Å². The summed E-state index contributed by atoms with van der Waals surface area (Å²) >= 11 is 0. The maximum Gasteiger partial charge on any atom is 0.276 e. The lowest BCUT2D eigenvalue weighted by molar-refractivity contribution is 0.297. The van der Waals surface area contributed by atoms with E-state index in [2.05, 4.69) is 15.3 Å². The predicted octanol–water partition coefficient (Wildman–Crippen LogP) is 0.935. The van der Waals surface area contributed by atoms with Crippen LogP contribution in [0.2, 0.25) is 0 Å². The van der Waals surface area contributed by atoms with E-state index in [1.165, 1.54) is 4.31 Å². The van der Waals surface area contributed by atoms with Gasteiger partial charge in [0.15, 0.2) is 0 Å². The molecule has 2 aromatic rings. The summed E-state index contributed by atoms with van der Waals surface area (Å²) in [5.74, 6) is 0. The minimum Gasteiger partial charge on any atom is -0.328 e. The van der Waals surface area contributed by atoms with E-state index < -0.39 is 10.0 Å². The predicted molar refractivity (Wildman–Crippen MR) is 76.9 cm³/mol. The van der Waals surface area contributed by atoms with Crippen molar-refractivity contribution in [2.75, 3.05) is 20.1 Å². The molecule has 1 saturated heterocycles. The van der Waals surface area contributed by atoms with E-state index in [0.29, 0.717) is 24.6 Å². The van der Waals surface area contributed by atoms with Gasteiger partial charge in [-0.05, 0) is 32.0 Å². The Morgan fingerprint density at radius 1 is 1.30 bits per heavy atom. The molecular weight excluding hydrogens is 276 g/mol. The molecule has 1 aromatic carbocycles. The van der Waals surface area contributed by atoms with E-state index in [1.54, 1.807) is 6.07 Å². The van der Waals surface area contributed by atoms with E-state index in [1.807, 2.05) is 25.2 Å². The van der Waals surface area contributed by atoms with Gasteiger partial charge in [0.2, 0.25) is 5.16 Å². The lowest BCUT2D eigenvalue weighted by Gasteiger charge is -2.30. The normalized spacial score (nSPS) is 18.6. The molecule has 3 rings (SSSR count). The highest BCUT2D eigenvalue weighted by molar-refractivity contribution is 7.89. The molecule has 1 fully saturated rings. The van der Waals surface area contributed by atoms with E-state index in [9.17, 15) is 8.42 Å². The summed E-state index contributed by atoms with van der Waals surface area (Å²) in [6.45, 7) is 1.07. The molecule has 0 saturated carbocycles. The number of hydrogen-bond acceptors (Lipinski definition) is 4. The van der Waals surface area contributed by atoms with Crippen molar-refractivity contribution in [1.82, 2.24) is 19.6 Å². The maximum atomic E-state index is 12.6. The summed E-state index contributed by atoms with van der Waals surface area (Å²) in [6.07, 6.45) is 1.66. The number of piperidine rings is 1. The van der Waals surface area contributed by atoms with Crippen molar-refractivity contribution in [2.24, 2.45) is 0 Å². The van der Waals surface area contributed by atoms with Crippen LogP contribution in [0.1, 0.15) is 12.8 Å². The zero-order valence-electron chi connectivity index (χ0n) is 11.3. The van der Waals surface area contributed by atoms with Gasteiger partial charge in [-0.2, -0.15) is 4.31 Å². The molecule has 108 valence electrons. The summed E-state index contributed by atoms with van der Waals surface area (Å²) in [7, 11) is -1.61. The fraction of sp³-hybridized carbons (Fsp3) is 0.462. The number of para-hydroxylation sites is 2. The fourth-order valence-electron chi connectivity index (χ4n) is 2.56. The number of hydrogen-bond donors (Lipinski definition) is 2. The molecule has 2 N–H and O–H groups in total. The van der Waals surface area contributed by atoms with Crippen molar-refractivity contribution in [3.8, 4) is 0 Å². The van der Waals surface area contributed by atoms with Gasteiger partial charge in [-0.15, -0.1) is 0 Å². The monoisotopic (exact) mass is 294 g/mol. The summed E-state index contributed by atoms with van der Waals surface area (Å²) < 4.78 is 26.6.